The maximum absolute atomic E-state index is 10.6. The lowest BCUT2D eigenvalue weighted by atomic mass is 10.0. The predicted molar refractivity (Wildman–Crippen MR) is 64.2 cm³/mol. The van der Waals surface area contributed by atoms with E-state index in [0.717, 1.165) is 9.13 Å². The summed E-state index contributed by atoms with van der Waals surface area (Å²) in [4.78, 5) is 10.6. The standard InChI is InChI=1S/C9H8BrIO3/c1-4-2-3-5(11)7(10)6(4)8(12)9(13)14/h2-3,8,12H,1H3,(H,13,14). The highest BCUT2D eigenvalue weighted by atomic mass is 127. The number of aliphatic hydroxyl groups excluding tert-OH is 1. The number of aryl methyl sites for hydroxylation is 1. The van der Waals surface area contributed by atoms with Crippen LogP contribution in [0.25, 0.3) is 0 Å². The van der Waals surface area contributed by atoms with Gasteiger partial charge in [0, 0.05) is 13.6 Å². The number of carboxylic acids is 1. The molecule has 0 spiro atoms. The highest BCUT2D eigenvalue weighted by Crippen LogP contribution is 2.31. The number of rotatable bonds is 2. The Bertz CT molecular complexity index is 379. The number of benzene rings is 1. The van der Waals surface area contributed by atoms with Gasteiger partial charge in [0.15, 0.2) is 6.10 Å². The molecule has 5 heteroatoms. The van der Waals surface area contributed by atoms with Crippen LogP contribution >= 0.6 is 38.5 Å². The molecule has 0 saturated carbocycles. The summed E-state index contributed by atoms with van der Waals surface area (Å²) in [5.41, 5.74) is 1.18. The molecule has 0 bridgehead atoms. The number of aliphatic carboxylic acids is 1. The fourth-order valence-corrected chi connectivity index (χ4v) is 2.25. The van der Waals surface area contributed by atoms with E-state index in [9.17, 15) is 9.90 Å². The maximum Gasteiger partial charge on any atom is 0.337 e. The van der Waals surface area contributed by atoms with Gasteiger partial charge in [0.1, 0.15) is 0 Å². The first kappa shape index (κ1) is 11.9. The summed E-state index contributed by atoms with van der Waals surface area (Å²) in [5.74, 6) is -1.24. The second kappa shape index (κ2) is 4.59. The Balaban J connectivity index is 3.32. The highest BCUT2D eigenvalue weighted by molar-refractivity contribution is 14.1. The first-order chi connectivity index (χ1) is 6.45. The second-order valence-electron chi connectivity index (χ2n) is 2.83. The summed E-state index contributed by atoms with van der Waals surface area (Å²) in [5, 5.41) is 18.2. The van der Waals surface area contributed by atoms with Gasteiger partial charge in [-0.3, -0.25) is 0 Å². The minimum atomic E-state index is -1.47. The van der Waals surface area contributed by atoms with Gasteiger partial charge >= 0.3 is 5.97 Å². The molecule has 0 fully saturated rings. The smallest absolute Gasteiger partial charge is 0.337 e. The molecule has 1 rings (SSSR count). The molecule has 76 valence electrons. The largest absolute Gasteiger partial charge is 0.479 e. The number of hydrogen-bond acceptors (Lipinski definition) is 2. The highest BCUT2D eigenvalue weighted by Gasteiger charge is 2.21. The molecule has 1 aromatic rings. The Labute approximate surface area is 103 Å². The van der Waals surface area contributed by atoms with Gasteiger partial charge in [-0.25, -0.2) is 4.79 Å². The SMILES string of the molecule is Cc1ccc(I)c(Br)c1C(O)C(=O)O. The molecule has 1 aromatic carbocycles. The van der Waals surface area contributed by atoms with Gasteiger partial charge in [-0.05, 0) is 57.1 Å². The number of aliphatic hydroxyl groups is 1. The van der Waals surface area contributed by atoms with E-state index in [2.05, 4.69) is 38.5 Å². The van der Waals surface area contributed by atoms with Crippen molar-refractivity contribution in [3.05, 3.63) is 31.3 Å². The van der Waals surface area contributed by atoms with Crippen molar-refractivity contribution in [2.45, 2.75) is 13.0 Å². The topological polar surface area (TPSA) is 57.5 Å². The van der Waals surface area contributed by atoms with Crippen LogP contribution in [0.15, 0.2) is 16.6 Å². The third-order valence-electron chi connectivity index (χ3n) is 1.86. The predicted octanol–water partition coefficient (Wildman–Crippen LogP) is 2.48. The molecule has 0 aliphatic heterocycles. The van der Waals surface area contributed by atoms with E-state index in [4.69, 9.17) is 5.11 Å². The van der Waals surface area contributed by atoms with Crippen molar-refractivity contribution < 1.29 is 15.0 Å². The zero-order valence-corrected chi connectivity index (χ0v) is 11.0. The summed E-state index contributed by atoms with van der Waals surface area (Å²) in [6.07, 6.45) is -1.47. The van der Waals surface area contributed by atoms with Gasteiger partial charge in [-0.1, -0.05) is 6.07 Å². The van der Waals surface area contributed by atoms with Crippen LogP contribution in [0.2, 0.25) is 0 Å². The Morgan fingerprint density at radius 3 is 2.64 bits per heavy atom. The normalized spacial score (nSPS) is 12.6. The average Bonchev–Trinajstić information content (AvgIpc) is 2.12. The van der Waals surface area contributed by atoms with Crippen molar-refractivity contribution >= 4 is 44.5 Å². The van der Waals surface area contributed by atoms with Gasteiger partial charge < -0.3 is 10.2 Å². The Morgan fingerprint density at radius 1 is 1.57 bits per heavy atom. The molecule has 0 saturated heterocycles. The third-order valence-corrected chi connectivity index (χ3v) is 4.35. The molecular weight excluding hydrogens is 363 g/mol. The van der Waals surface area contributed by atoms with E-state index < -0.39 is 12.1 Å². The number of carbonyl (C=O) groups is 1. The summed E-state index contributed by atoms with van der Waals surface area (Å²) in [6.45, 7) is 1.77. The minimum absolute atomic E-state index is 0.421. The van der Waals surface area contributed by atoms with Gasteiger partial charge in [-0.15, -0.1) is 0 Å². The summed E-state index contributed by atoms with van der Waals surface area (Å²) in [6, 6.07) is 3.64. The first-order valence-electron chi connectivity index (χ1n) is 3.80. The van der Waals surface area contributed by atoms with Gasteiger partial charge in [0.05, 0.1) is 0 Å². The first-order valence-corrected chi connectivity index (χ1v) is 5.67. The average molecular weight is 371 g/mol. The van der Waals surface area contributed by atoms with E-state index in [1.807, 2.05) is 6.07 Å². The van der Waals surface area contributed by atoms with E-state index >= 15 is 0 Å². The number of halogens is 2. The lowest BCUT2D eigenvalue weighted by Gasteiger charge is -2.12. The molecule has 0 heterocycles. The van der Waals surface area contributed by atoms with E-state index in [0.29, 0.717) is 10.0 Å². The van der Waals surface area contributed by atoms with Crippen LogP contribution in [-0.4, -0.2) is 16.2 Å². The molecule has 0 aromatic heterocycles. The van der Waals surface area contributed by atoms with Crippen LogP contribution in [0.3, 0.4) is 0 Å². The van der Waals surface area contributed by atoms with Gasteiger partial charge in [-0.2, -0.15) is 0 Å². The molecule has 0 amide bonds. The maximum atomic E-state index is 10.6. The molecule has 1 atom stereocenters. The molecule has 1 unspecified atom stereocenters. The fraction of sp³-hybridized carbons (Fsp3) is 0.222. The third kappa shape index (κ3) is 2.26. The summed E-state index contributed by atoms with van der Waals surface area (Å²) in [7, 11) is 0. The Hall–Kier alpha value is -0.140. The van der Waals surface area contributed by atoms with E-state index in [1.54, 1.807) is 13.0 Å². The van der Waals surface area contributed by atoms with Crippen molar-refractivity contribution in [3.8, 4) is 0 Å². The molecule has 0 radical (unpaired) electrons. The van der Waals surface area contributed by atoms with Crippen LogP contribution in [0.5, 0.6) is 0 Å². The Kier molecular flexibility index (Phi) is 3.91. The van der Waals surface area contributed by atoms with Crippen molar-refractivity contribution in [3.63, 3.8) is 0 Å². The van der Waals surface area contributed by atoms with Gasteiger partial charge in [0.2, 0.25) is 0 Å². The zero-order valence-electron chi connectivity index (χ0n) is 7.29. The van der Waals surface area contributed by atoms with Crippen molar-refractivity contribution in [1.82, 2.24) is 0 Å². The van der Waals surface area contributed by atoms with Crippen LogP contribution in [0.1, 0.15) is 17.2 Å². The molecule has 2 N–H and O–H groups in total. The second-order valence-corrected chi connectivity index (χ2v) is 4.79. The van der Waals surface area contributed by atoms with E-state index in [-0.39, 0.29) is 0 Å². The van der Waals surface area contributed by atoms with E-state index in [1.165, 1.54) is 0 Å². The number of carboxylic acid groups (broad SMARTS) is 1. The Morgan fingerprint density at radius 2 is 2.14 bits per heavy atom. The fourth-order valence-electron chi connectivity index (χ4n) is 1.12. The lowest BCUT2D eigenvalue weighted by Crippen LogP contribution is -2.13. The van der Waals surface area contributed by atoms with Gasteiger partial charge in [0.25, 0.3) is 0 Å². The van der Waals surface area contributed by atoms with Crippen molar-refractivity contribution in [1.29, 1.82) is 0 Å². The van der Waals surface area contributed by atoms with Crippen molar-refractivity contribution in [2.75, 3.05) is 0 Å². The molecular formula is C9H8BrIO3. The molecule has 3 nitrogen and oxygen atoms in total. The van der Waals surface area contributed by atoms with Crippen LogP contribution in [-0.2, 0) is 4.79 Å². The summed E-state index contributed by atoms with van der Waals surface area (Å²) < 4.78 is 1.52. The summed E-state index contributed by atoms with van der Waals surface area (Å²) >= 11 is 5.34. The van der Waals surface area contributed by atoms with Crippen LogP contribution in [0, 0.1) is 10.5 Å². The number of hydrogen-bond donors (Lipinski definition) is 2. The molecule has 0 aliphatic rings. The monoisotopic (exact) mass is 370 g/mol. The quantitative estimate of drug-likeness (QED) is 0.786. The molecule has 0 aliphatic carbocycles. The van der Waals surface area contributed by atoms with Crippen LogP contribution < -0.4 is 0 Å². The minimum Gasteiger partial charge on any atom is -0.479 e. The zero-order chi connectivity index (χ0) is 10.9. The van der Waals surface area contributed by atoms with Crippen LogP contribution in [0.4, 0.5) is 0 Å². The molecule has 14 heavy (non-hydrogen) atoms. The lowest BCUT2D eigenvalue weighted by molar-refractivity contribution is -0.147. The van der Waals surface area contributed by atoms with Crippen molar-refractivity contribution in [2.24, 2.45) is 0 Å².